The van der Waals surface area contributed by atoms with Crippen molar-refractivity contribution in [1.29, 1.82) is 0 Å². The van der Waals surface area contributed by atoms with Crippen molar-refractivity contribution in [2.75, 3.05) is 0 Å². The summed E-state index contributed by atoms with van der Waals surface area (Å²) in [6.45, 7) is 0. The maximum absolute atomic E-state index is 9.73. The van der Waals surface area contributed by atoms with Crippen LogP contribution in [-0.4, -0.2) is 23.5 Å². The second-order valence-corrected chi connectivity index (χ2v) is 0.765. The van der Waals surface area contributed by atoms with Crippen LogP contribution < -0.4 is 0 Å². The molecule has 0 rings (SSSR count). The minimum Gasteiger partial charge on any atom is -0.411 e. The van der Waals surface area contributed by atoms with E-state index < -0.39 is 5.78 Å². The molecule has 0 unspecified atom stereocenters. The average Bonchev–Trinajstić information content (AvgIpc) is 1.68. The standard InChI is InChI=1S/C3H3NO3/c5-2-3(6)1-4-7/h1-2,7H. The highest BCUT2D eigenvalue weighted by Crippen LogP contribution is 1.53. The minimum atomic E-state index is -0.845. The molecule has 0 fully saturated rings. The molecule has 0 aromatic heterocycles. The molecule has 0 aliphatic carbocycles. The Morgan fingerprint density at radius 1 is 1.71 bits per heavy atom. The largest absolute Gasteiger partial charge is 0.411 e. The molecule has 0 heterocycles. The van der Waals surface area contributed by atoms with Crippen molar-refractivity contribution >= 4 is 18.3 Å². The predicted molar refractivity (Wildman–Crippen MR) is 21.3 cm³/mol. The highest BCUT2D eigenvalue weighted by atomic mass is 16.4. The number of carbonyl (C=O) groups is 2. The monoisotopic (exact) mass is 101 g/mol. The fourth-order valence-electron chi connectivity index (χ4n) is 0.0873. The summed E-state index contributed by atoms with van der Waals surface area (Å²) < 4.78 is 0. The number of ketones is 1. The first-order valence-electron chi connectivity index (χ1n) is 1.48. The maximum Gasteiger partial charge on any atom is 0.239 e. The van der Waals surface area contributed by atoms with E-state index in [-0.39, 0.29) is 6.29 Å². The first kappa shape index (κ1) is 5.81. The highest BCUT2D eigenvalue weighted by Gasteiger charge is 1.87. The second kappa shape index (κ2) is 3.02. The SMILES string of the molecule is O=CC(=O)C=NO. The molecule has 0 aliphatic heterocycles. The van der Waals surface area contributed by atoms with Crippen molar-refractivity contribution in [2.45, 2.75) is 0 Å². The summed E-state index contributed by atoms with van der Waals surface area (Å²) >= 11 is 0. The van der Waals surface area contributed by atoms with E-state index in [9.17, 15) is 9.59 Å². The molecule has 0 aromatic rings. The average molecular weight is 101 g/mol. The number of Topliss-reactive ketones (excluding diaryl/α,β-unsaturated/α-hetero) is 1. The van der Waals surface area contributed by atoms with Crippen LogP contribution in [0.4, 0.5) is 0 Å². The number of hydrogen-bond acceptors (Lipinski definition) is 4. The van der Waals surface area contributed by atoms with E-state index in [2.05, 4.69) is 5.16 Å². The van der Waals surface area contributed by atoms with Crippen molar-refractivity contribution in [3.8, 4) is 0 Å². The first-order valence-corrected chi connectivity index (χ1v) is 1.48. The van der Waals surface area contributed by atoms with E-state index in [1.165, 1.54) is 0 Å². The molecule has 1 N–H and O–H groups in total. The topological polar surface area (TPSA) is 66.7 Å². The minimum absolute atomic E-state index is 0.0553. The van der Waals surface area contributed by atoms with Crippen molar-refractivity contribution in [3.05, 3.63) is 0 Å². The molecule has 7 heavy (non-hydrogen) atoms. The molecule has 0 amide bonds. The van der Waals surface area contributed by atoms with Crippen LogP contribution in [0.2, 0.25) is 0 Å². The summed E-state index contributed by atoms with van der Waals surface area (Å²) in [6.07, 6.45) is 0.576. The number of hydrogen-bond donors (Lipinski definition) is 1. The molecule has 4 nitrogen and oxygen atoms in total. The highest BCUT2D eigenvalue weighted by molar-refractivity contribution is 6.51. The van der Waals surface area contributed by atoms with Crippen LogP contribution in [0.5, 0.6) is 0 Å². The van der Waals surface area contributed by atoms with E-state index in [1.807, 2.05) is 0 Å². The molecule has 0 bridgehead atoms. The summed E-state index contributed by atoms with van der Waals surface area (Å²) in [5, 5.41) is 9.86. The lowest BCUT2D eigenvalue weighted by Crippen LogP contribution is -1.98. The summed E-state index contributed by atoms with van der Waals surface area (Å²) in [7, 11) is 0. The van der Waals surface area contributed by atoms with Crippen LogP contribution >= 0.6 is 0 Å². The normalized spacial score (nSPS) is 9.14. The number of oxime groups is 1. The molecule has 0 saturated carbocycles. The Hall–Kier alpha value is -1.19. The summed E-state index contributed by atoms with van der Waals surface area (Å²) in [6, 6.07) is 0. The maximum atomic E-state index is 9.73. The smallest absolute Gasteiger partial charge is 0.239 e. The lowest BCUT2D eigenvalue weighted by atomic mass is 10.5. The summed E-state index contributed by atoms with van der Waals surface area (Å²) in [5.41, 5.74) is 0. The zero-order chi connectivity index (χ0) is 5.70. The van der Waals surface area contributed by atoms with Crippen molar-refractivity contribution in [2.24, 2.45) is 5.16 Å². The van der Waals surface area contributed by atoms with Crippen LogP contribution in [0.15, 0.2) is 5.16 Å². The summed E-state index contributed by atoms with van der Waals surface area (Å²) in [5.74, 6) is -0.845. The molecule has 0 atom stereocenters. The van der Waals surface area contributed by atoms with Gasteiger partial charge in [0.25, 0.3) is 0 Å². The Kier molecular flexibility index (Phi) is 2.50. The molecule has 4 heteroatoms. The van der Waals surface area contributed by atoms with Gasteiger partial charge in [-0.1, -0.05) is 5.16 Å². The van der Waals surface area contributed by atoms with Crippen molar-refractivity contribution in [1.82, 2.24) is 0 Å². The Morgan fingerprint density at radius 3 is 2.43 bits per heavy atom. The first-order chi connectivity index (χ1) is 3.31. The van der Waals surface area contributed by atoms with E-state index in [0.717, 1.165) is 0 Å². The quantitative estimate of drug-likeness (QED) is 0.163. The molecule has 0 aromatic carbocycles. The number of aldehydes is 1. The van der Waals surface area contributed by atoms with Crippen LogP contribution in [0.25, 0.3) is 0 Å². The van der Waals surface area contributed by atoms with Gasteiger partial charge >= 0.3 is 0 Å². The van der Waals surface area contributed by atoms with Gasteiger partial charge < -0.3 is 5.21 Å². The molecular weight excluding hydrogens is 98.0 g/mol. The lowest BCUT2D eigenvalue weighted by Gasteiger charge is -1.67. The van der Waals surface area contributed by atoms with E-state index >= 15 is 0 Å². The van der Waals surface area contributed by atoms with E-state index in [1.54, 1.807) is 0 Å². The molecule has 0 spiro atoms. The van der Waals surface area contributed by atoms with Crippen molar-refractivity contribution in [3.63, 3.8) is 0 Å². The zero-order valence-electron chi connectivity index (χ0n) is 3.37. The van der Waals surface area contributed by atoms with Gasteiger partial charge in [0.15, 0.2) is 6.29 Å². The fourth-order valence-corrected chi connectivity index (χ4v) is 0.0873. The van der Waals surface area contributed by atoms with Crippen LogP contribution in [0, 0.1) is 0 Å². The van der Waals surface area contributed by atoms with Gasteiger partial charge in [0.1, 0.15) is 6.21 Å². The van der Waals surface area contributed by atoms with Crippen LogP contribution in [0.3, 0.4) is 0 Å². The molecule has 0 saturated heterocycles. The summed E-state index contributed by atoms with van der Waals surface area (Å²) in [4.78, 5) is 19.1. The van der Waals surface area contributed by atoms with Gasteiger partial charge in [0.05, 0.1) is 0 Å². The molecule has 0 aliphatic rings. The van der Waals surface area contributed by atoms with Crippen LogP contribution in [0.1, 0.15) is 0 Å². The molecule has 0 radical (unpaired) electrons. The van der Waals surface area contributed by atoms with Gasteiger partial charge in [-0.3, -0.25) is 9.59 Å². The molecular formula is C3H3NO3. The zero-order valence-corrected chi connectivity index (χ0v) is 3.37. The number of nitrogens with zero attached hydrogens (tertiary/aromatic N) is 1. The Balaban J connectivity index is 3.58. The fraction of sp³-hybridized carbons (Fsp3) is 0. The van der Waals surface area contributed by atoms with Crippen molar-refractivity contribution < 1.29 is 14.8 Å². The Morgan fingerprint density at radius 2 is 2.29 bits per heavy atom. The van der Waals surface area contributed by atoms with E-state index in [0.29, 0.717) is 6.21 Å². The van der Waals surface area contributed by atoms with Crippen LogP contribution in [-0.2, 0) is 9.59 Å². The Labute approximate surface area is 39.4 Å². The van der Waals surface area contributed by atoms with Gasteiger partial charge in [-0.25, -0.2) is 0 Å². The van der Waals surface area contributed by atoms with Gasteiger partial charge in [0, 0.05) is 0 Å². The number of rotatable bonds is 2. The van der Waals surface area contributed by atoms with E-state index in [4.69, 9.17) is 5.21 Å². The third kappa shape index (κ3) is 2.62. The van der Waals surface area contributed by atoms with Gasteiger partial charge in [0.2, 0.25) is 5.78 Å². The van der Waals surface area contributed by atoms with Gasteiger partial charge in [-0.15, -0.1) is 0 Å². The predicted octanol–water partition coefficient (Wildman–Crippen LogP) is -0.786. The number of carbonyl (C=O) groups excluding carboxylic acids is 2. The third-order valence-corrected chi connectivity index (χ3v) is 0.301. The second-order valence-electron chi connectivity index (χ2n) is 0.765. The van der Waals surface area contributed by atoms with Gasteiger partial charge in [-0.05, 0) is 0 Å². The molecule has 38 valence electrons. The Bertz CT molecular complexity index is 107. The lowest BCUT2D eigenvalue weighted by molar-refractivity contribution is -0.125. The van der Waals surface area contributed by atoms with Gasteiger partial charge in [-0.2, -0.15) is 0 Å². The third-order valence-electron chi connectivity index (χ3n) is 0.301.